The van der Waals surface area contributed by atoms with E-state index < -0.39 is 6.10 Å². The van der Waals surface area contributed by atoms with Crippen LogP contribution in [0.5, 0.6) is 0 Å². The molecule has 1 fully saturated rings. The average Bonchev–Trinajstić information content (AvgIpc) is 2.90. The Morgan fingerprint density at radius 3 is 1.75 bits per heavy atom. The predicted molar refractivity (Wildman–Crippen MR) is 140 cm³/mol. The van der Waals surface area contributed by atoms with Gasteiger partial charge in [0.15, 0.2) is 0 Å². The first-order valence-electron chi connectivity index (χ1n) is 12.5. The van der Waals surface area contributed by atoms with Crippen molar-refractivity contribution >= 4 is 49.2 Å². The fraction of sp³-hybridized carbons (Fsp3) is 0.345. The standard InChI is InChI=1S/C29H32NO5.Sr.H/c1-22(31)30-26-20-33-27(21-32-17-23-11-5-2-6-12-23)29(35-19-25-15-9-4-10-16-25)28(26)34-18-24-13-7-3-8-14-24;;/h2-16,20,26-29H,17-19,21H2,1H3,(H,30,31);;/t26?,27?,28-,29+;;/m0../s1. The van der Waals surface area contributed by atoms with E-state index in [-0.39, 0.29) is 68.5 Å². The molecule has 0 spiro atoms. The Labute approximate surface area is 242 Å². The van der Waals surface area contributed by atoms with Gasteiger partial charge in [-0.15, -0.1) is 0 Å². The molecule has 1 amide bonds. The molecule has 1 saturated heterocycles. The molecule has 186 valence electrons. The molecule has 6 nitrogen and oxygen atoms in total. The molecule has 2 unspecified atom stereocenters. The van der Waals surface area contributed by atoms with Gasteiger partial charge < -0.3 is 0 Å². The molecule has 1 aliphatic rings. The van der Waals surface area contributed by atoms with Crippen LogP contribution in [0.2, 0.25) is 0 Å². The van der Waals surface area contributed by atoms with Gasteiger partial charge in [0.05, 0.1) is 0 Å². The molecular formula is C29H33NO5Sr. The first-order chi connectivity index (χ1) is 17.6. The van der Waals surface area contributed by atoms with Crippen molar-refractivity contribution in [2.75, 3.05) is 6.61 Å². The third kappa shape index (κ3) is 8.23. The number of benzene rings is 3. The second kappa shape index (κ2) is 14.4. The van der Waals surface area contributed by atoms with Crippen molar-refractivity contribution in [1.82, 2.24) is 5.32 Å². The van der Waals surface area contributed by atoms with Gasteiger partial charge in [0.2, 0.25) is 0 Å². The first kappa shape index (κ1) is 27.5. The fourth-order valence-electron chi connectivity index (χ4n) is 4.49. The summed E-state index contributed by atoms with van der Waals surface area (Å²) in [6.45, 7) is 3.24. The second-order valence-corrected chi connectivity index (χ2v) is 11.9. The Morgan fingerprint density at radius 2 is 1.25 bits per heavy atom. The zero-order valence-corrected chi connectivity index (χ0v) is 25.8. The van der Waals surface area contributed by atoms with Crippen LogP contribution < -0.4 is 5.32 Å². The molecule has 3 aromatic rings. The van der Waals surface area contributed by atoms with E-state index in [1.54, 1.807) is 0 Å². The van der Waals surface area contributed by atoms with Gasteiger partial charge in [-0.25, -0.2) is 0 Å². The molecule has 36 heavy (non-hydrogen) atoms. The summed E-state index contributed by atoms with van der Waals surface area (Å²) in [5, 5.41) is 3.09. The summed E-state index contributed by atoms with van der Waals surface area (Å²) in [5.41, 5.74) is 3.24. The van der Waals surface area contributed by atoms with Gasteiger partial charge in [0, 0.05) is 0 Å². The molecule has 0 saturated carbocycles. The van der Waals surface area contributed by atoms with Crippen LogP contribution in [0.4, 0.5) is 0 Å². The van der Waals surface area contributed by atoms with Gasteiger partial charge in [-0.2, -0.15) is 0 Å². The zero-order valence-electron chi connectivity index (χ0n) is 20.9. The van der Waals surface area contributed by atoms with Crippen LogP contribution >= 0.6 is 0 Å². The number of hydrogen-bond acceptors (Lipinski definition) is 5. The molecule has 0 aliphatic carbocycles. The summed E-state index contributed by atoms with van der Waals surface area (Å²) < 4.78 is 25.5. The Balaban J connectivity index is 1.53. The molecule has 1 N–H and O–H groups in total. The van der Waals surface area contributed by atoms with Crippen LogP contribution in [0.1, 0.15) is 23.6 Å². The maximum absolute atomic E-state index is 12.1. The van der Waals surface area contributed by atoms with Gasteiger partial charge in [-0.1, -0.05) is 0 Å². The number of ether oxygens (including phenoxy) is 4. The van der Waals surface area contributed by atoms with Crippen LogP contribution in [-0.4, -0.2) is 81.2 Å². The quantitative estimate of drug-likeness (QED) is 0.362. The van der Waals surface area contributed by atoms with Gasteiger partial charge >= 0.3 is 245 Å². The maximum atomic E-state index is 12.1. The Morgan fingerprint density at radius 1 is 0.778 bits per heavy atom. The zero-order chi connectivity index (χ0) is 25.2. The molecule has 0 aromatic heterocycles. The van der Waals surface area contributed by atoms with Gasteiger partial charge in [-0.05, 0) is 0 Å². The van der Waals surface area contributed by atoms with E-state index in [0.717, 1.165) is 16.7 Å². The molecular weight excluding hydrogens is 530 g/mol. The van der Waals surface area contributed by atoms with Crippen molar-refractivity contribution in [1.29, 1.82) is 0 Å². The van der Waals surface area contributed by atoms with Crippen LogP contribution in [0.3, 0.4) is 0 Å². The van der Waals surface area contributed by atoms with Crippen molar-refractivity contribution in [3.05, 3.63) is 108 Å². The van der Waals surface area contributed by atoms with Crippen LogP contribution in [0.15, 0.2) is 91.0 Å². The number of rotatable bonds is 11. The van der Waals surface area contributed by atoms with Crippen molar-refractivity contribution < 1.29 is 23.7 Å². The van der Waals surface area contributed by atoms with Crippen LogP contribution in [0, 0.1) is 0 Å². The minimum atomic E-state index is -0.413. The molecule has 0 radical (unpaired) electrons. The van der Waals surface area contributed by atoms with Crippen molar-refractivity contribution in [3.63, 3.8) is 0 Å². The molecule has 1 aliphatic heterocycles. The fourth-order valence-corrected chi connectivity index (χ4v) is 6.69. The van der Waals surface area contributed by atoms with E-state index in [0.29, 0.717) is 26.4 Å². The number of carbonyl (C=O) groups is 1. The van der Waals surface area contributed by atoms with E-state index in [2.05, 4.69) is 5.32 Å². The summed E-state index contributed by atoms with van der Waals surface area (Å²) in [6.07, 6.45) is -1.09. The topological polar surface area (TPSA) is 66.0 Å². The summed E-state index contributed by atoms with van der Waals surface area (Å²) in [4.78, 5) is 12.1. The van der Waals surface area contributed by atoms with E-state index >= 15 is 0 Å². The summed E-state index contributed by atoms with van der Waals surface area (Å²) in [5.74, 6) is -0.101. The third-order valence-corrected chi connectivity index (χ3v) is 8.71. The summed E-state index contributed by atoms with van der Waals surface area (Å²) >= 11 is 0.0882. The Kier molecular flexibility index (Phi) is 11.0. The molecule has 1 heterocycles. The average molecular weight is 563 g/mol. The molecule has 5 atom stereocenters. The predicted octanol–water partition coefficient (Wildman–Crippen LogP) is 3.50. The second-order valence-electron chi connectivity index (χ2n) is 9.13. The van der Waals surface area contributed by atoms with Crippen molar-refractivity contribution in [2.45, 2.75) is 52.2 Å². The molecule has 7 heteroatoms. The molecule has 3 aromatic carbocycles. The Bertz CT molecular complexity index is 1050. The Hall–Kier alpha value is -1.55. The number of carbonyl (C=O) groups excluding carboxylic acids is 1. The summed E-state index contributed by atoms with van der Waals surface area (Å²) in [6, 6.07) is 29.9. The monoisotopic (exact) mass is 563 g/mol. The third-order valence-electron chi connectivity index (χ3n) is 6.27. The van der Waals surface area contributed by atoms with Crippen LogP contribution in [0.25, 0.3) is 0 Å². The van der Waals surface area contributed by atoms with E-state index in [4.69, 9.17) is 18.9 Å². The molecule has 4 rings (SSSR count). The first-order valence-corrected chi connectivity index (χ1v) is 15.3. The van der Waals surface area contributed by atoms with Gasteiger partial charge in [0.1, 0.15) is 0 Å². The van der Waals surface area contributed by atoms with E-state index in [1.807, 2.05) is 91.0 Å². The number of hydrogen-bond donors (Lipinski definition) is 1. The number of nitrogens with one attached hydrogen (secondary N) is 1. The van der Waals surface area contributed by atoms with E-state index in [1.165, 1.54) is 6.92 Å². The van der Waals surface area contributed by atoms with Gasteiger partial charge in [-0.3, -0.25) is 0 Å². The van der Waals surface area contributed by atoms with Crippen LogP contribution in [-0.2, 0) is 43.6 Å². The normalized spacial score (nSPS) is 23.7. The minimum absolute atomic E-state index is 0.0710. The van der Waals surface area contributed by atoms with E-state index in [9.17, 15) is 4.79 Å². The van der Waals surface area contributed by atoms with Gasteiger partial charge in [0.25, 0.3) is 0 Å². The summed E-state index contributed by atoms with van der Waals surface area (Å²) in [7, 11) is 0. The SMILES string of the molecule is CC(=O)NC1[C@H]([SrH])OC(COCc2ccccc2)[C@@H](OCc2ccccc2)[C@H]1OCc1ccccc1. The number of amides is 1. The van der Waals surface area contributed by atoms with Crippen molar-refractivity contribution in [3.8, 4) is 0 Å². The van der Waals surface area contributed by atoms with Crippen molar-refractivity contribution in [2.24, 2.45) is 0 Å². The molecule has 0 bridgehead atoms.